The monoisotopic (exact) mass is 404 g/mol. The molecule has 4 N–H and O–H groups in total. The Labute approximate surface area is 166 Å². The smallest absolute Gasteiger partial charge is 0.281 e. The van der Waals surface area contributed by atoms with Crippen LogP contribution in [0.4, 0.5) is 5.82 Å². The van der Waals surface area contributed by atoms with Crippen LogP contribution in [0.1, 0.15) is 26.6 Å². The highest BCUT2D eigenvalue weighted by atomic mass is 32.2. The molecule has 1 atom stereocenters. The summed E-state index contributed by atoms with van der Waals surface area (Å²) in [6.45, 7) is 8.56. The number of nitrogens with zero attached hydrogens (tertiary/aromatic N) is 2. The minimum atomic E-state index is -2.27. The molecule has 1 unspecified atom stereocenters. The standard InChI is InChI=1S/C20H29N5O2S/c1-6-27-11-16-24-17-18(14-9-7-8-10-15(14)23-19(17)21)25(16)13-20(2,3)12-22-28(4,5)26/h7-10H,4,6,11-13H2,1-3,5H3,(H3,21,22,23,26)/p+1. The van der Waals surface area contributed by atoms with Crippen LogP contribution >= 0.6 is 0 Å². The molecule has 0 aliphatic heterocycles. The summed E-state index contributed by atoms with van der Waals surface area (Å²) in [4.78, 5) is 7.95. The number of nitrogens with two attached hydrogens (primary N) is 1. The zero-order chi connectivity index (χ0) is 20.5. The maximum atomic E-state index is 12.0. The third-order valence-electron chi connectivity index (χ3n) is 4.64. The maximum Gasteiger partial charge on any atom is 0.281 e. The van der Waals surface area contributed by atoms with Crippen molar-refractivity contribution in [1.29, 1.82) is 0 Å². The molecule has 8 heteroatoms. The Balaban J connectivity index is 2.15. The van der Waals surface area contributed by atoms with Gasteiger partial charge in [0.2, 0.25) is 5.52 Å². The molecule has 152 valence electrons. The lowest BCUT2D eigenvalue weighted by molar-refractivity contribution is -0.692. The van der Waals surface area contributed by atoms with Crippen molar-refractivity contribution in [2.45, 2.75) is 33.9 Å². The van der Waals surface area contributed by atoms with E-state index in [1.54, 1.807) is 6.26 Å². The summed E-state index contributed by atoms with van der Waals surface area (Å²) in [5.41, 5.74) is 8.75. The maximum absolute atomic E-state index is 12.0. The number of H-pyrrole nitrogens is 1. The van der Waals surface area contributed by atoms with Gasteiger partial charge in [-0.1, -0.05) is 26.0 Å². The van der Waals surface area contributed by atoms with Crippen LogP contribution in [0.2, 0.25) is 0 Å². The Hall–Kier alpha value is -2.16. The van der Waals surface area contributed by atoms with Crippen LogP contribution in [0.5, 0.6) is 0 Å². The van der Waals surface area contributed by atoms with E-state index in [9.17, 15) is 4.21 Å². The molecule has 28 heavy (non-hydrogen) atoms. The third kappa shape index (κ3) is 4.45. The highest BCUT2D eigenvalue weighted by Gasteiger charge is 2.30. The fourth-order valence-electron chi connectivity index (χ4n) is 3.28. The van der Waals surface area contributed by atoms with E-state index in [-0.39, 0.29) is 5.41 Å². The number of anilines is 1. The summed E-state index contributed by atoms with van der Waals surface area (Å²) in [6.07, 6.45) is 1.61. The average molecular weight is 405 g/mol. The van der Waals surface area contributed by atoms with Gasteiger partial charge in [0, 0.05) is 34.5 Å². The van der Waals surface area contributed by atoms with Crippen LogP contribution in [-0.4, -0.2) is 39.5 Å². The molecule has 0 amide bonds. The number of fused-ring (bicyclic) bond motifs is 3. The van der Waals surface area contributed by atoms with E-state index in [1.807, 2.05) is 25.1 Å². The Bertz CT molecular complexity index is 1100. The average Bonchev–Trinajstić information content (AvgIpc) is 2.97. The number of aromatic nitrogens is 3. The van der Waals surface area contributed by atoms with Gasteiger partial charge >= 0.3 is 0 Å². The lowest BCUT2D eigenvalue weighted by Gasteiger charge is -2.24. The Morgan fingerprint density at radius 2 is 2.11 bits per heavy atom. The third-order valence-corrected chi connectivity index (χ3v) is 5.40. The van der Waals surface area contributed by atoms with Crippen molar-refractivity contribution in [3.8, 4) is 0 Å². The number of imidazole rings is 1. The van der Waals surface area contributed by atoms with E-state index in [4.69, 9.17) is 10.5 Å². The van der Waals surface area contributed by atoms with Crippen molar-refractivity contribution in [1.82, 2.24) is 14.7 Å². The number of nitrogen functional groups attached to an aromatic ring is 1. The van der Waals surface area contributed by atoms with Crippen molar-refractivity contribution < 1.29 is 13.5 Å². The molecule has 2 heterocycles. The van der Waals surface area contributed by atoms with Gasteiger partial charge in [0.05, 0.1) is 17.4 Å². The number of pyridine rings is 1. The van der Waals surface area contributed by atoms with Crippen molar-refractivity contribution in [2.24, 2.45) is 5.41 Å². The fourth-order valence-corrected chi connectivity index (χ4v) is 3.98. The van der Waals surface area contributed by atoms with Gasteiger partial charge in [0.1, 0.15) is 6.61 Å². The van der Waals surface area contributed by atoms with Crippen LogP contribution in [-0.2, 0) is 27.6 Å². The van der Waals surface area contributed by atoms with Gasteiger partial charge in [-0.15, -0.1) is 0 Å². The molecule has 0 bridgehead atoms. The molecule has 3 aromatic rings. The molecule has 0 radical (unpaired) electrons. The summed E-state index contributed by atoms with van der Waals surface area (Å²) in [5, 5.41) is 1.03. The van der Waals surface area contributed by atoms with E-state index < -0.39 is 9.71 Å². The highest BCUT2D eigenvalue weighted by Crippen LogP contribution is 2.26. The minimum Gasteiger partial charge on any atom is -0.380 e. The van der Waals surface area contributed by atoms with Crippen molar-refractivity contribution in [3.63, 3.8) is 0 Å². The van der Waals surface area contributed by atoms with Crippen molar-refractivity contribution in [3.05, 3.63) is 30.1 Å². The SMILES string of the molecule is C=S(C)(=O)NCC(C)(C)C[n+]1c(COCC)[nH]c2c(N)nc3ccccc3c21. The first kappa shape index (κ1) is 20.6. The molecule has 0 aliphatic carbocycles. The van der Waals surface area contributed by atoms with E-state index >= 15 is 0 Å². The molecule has 0 aliphatic rings. The molecule has 2 aromatic heterocycles. The first-order chi connectivity index (χ1) is 13.1. The van der Waals surface area contributed by atoms with Crippen LogP contribution in [0.25, 0.3) is 21.9 Å². The quantitative estimate of drug-likeness (QED) is 0.395. The summed E-state index contributed by atoms with van der Waals surface area (Å²) in [6, 6.07) is 7.98. The van der Waals surface area contributed by atoms with E-state index in [0.717, 1.165) is 27.8 Å². The molecule has 0 saturated heterocycles. The summed E-state index contributed by atoms with van der Waals surface area (Å²) in [7, 11) is -2.27. The molecule has 0 saturated carbocycles. The Morgan fingerprint density at radius 1 is 1.39 bits per heavy atom. The first-order valence-electron chi connectivity index (χ1n) is 9.34. The van der Waals surface area contributed by atoms with Gasteiger partial charge in [0.25, 0.3) is 5.82 Å². The predicted octanol–water partition coefficient (Wildman–Crippen LogP) is 2.00. The number of nitrogens with one attached hydrogen (secondary N) is 2. The minimum absolute atomic E-state index is 0.184. The topological polar surface area (TPSA) is 96.9 Å². The predicted molar refractivity (Wildman–Crippen MR) is 117 cm³/mol. The van der Waals surface area contributed by atoms with Crippen molar-refractivity contribution in [2.75, 3.05) is 25.1 Å². The molecule has 3 rings (SSSR count). The van der Waals surface area contributed by atoms with Gasteiger partial charge in [0.15, 0.2) is 11.3 Å². The second kappa shape index (κ2) is 7.69. The summed E-state index contributed by atoms with van der Waals surface area (Å²) < 4.78 is 23.0. The number of aromatic amines is 1. The van der Waals surface area contributed by atoms with Crippen molar-refractivity contribution >= 4 is 43.3 Å². The van der Waals surface area contributed by atoms with Crippen LogP contribution in [0, 0.1) is 5.41 Å². The molecular weight excluding hydrogens is 374 g/mol. The Kier molecular flexibility index (Phi) is 5.65. The normalized spacial score (nSPS) is 14.6. The molecule has 7 nitrogen and oxygen atoms in total. The van der Waals surface area contributed by atoms with Gasteiger partial charge in [-0.2, -0.15) is 0 Å². The number of ether oxygens (including phenoxy) is 1. The Morgan fingerprint density at radius 3 is 2.79 bits per heavy atom. The zero-order valence-corrected chi connectivity index (χ0v) is 17.9. The number of benzene rings is 1. The van der Waals surface area contributed by atoms with Crippen LogP contribution < -0.4 is 15.0 Å². The van der Waals surface area contributed by atoms with E-state index in [0.29, 0.717) is 32.1 Å². The number of rotatable bonds is 8. The highest BCUT2D eigenvalue weighted by molar-refractivity contribution is 7.97. The number of hydrogen-bond donors (Lipinski definition) is 3. The lowest BCUT2D eigenvalue weighted by Crippen LogP contribution is -2.48. The van der Waals surface area contributed by atoms with E-state index in [1.165, 1.54) is 0 Å². The van der Waals surface area contributed by atoms with E-state index in [2.05, 4.69) is 45.0 Å². The van der Waals surface area contributed by atoms with Gasteiger partial charge in [-0.3, -0.25) is 4.21 Å². The number of hydrogen-bond acceptors (Lipinski definition) is 4. The molecule has 0 fully saturated rings. The molecular formula is C20H30N5O2S+. The summed E-state index contributed by atoms with van der Waals surface area (Å²) >= 11 is 0. The largest absolute Gasteiger partial charge is 0.380 e. The number of para-hydroxylation sites is 1. The second-order valence-corrected chi connectivity index (χ2v) is 10.3. The fraction of sp³-hybridized carbons (Fsp3) is 0.450. The van der Waals surface area contributed by atoms with Crippen LogP contribution in [0.3, 0.4) is 0 Å². The van der Waals surface area contributed by atoms with Gasteiger partial charge in [-0.05, 0) is 24.9 Å². The van der Waals surface area contributed by atoms with Crippen LogP contribution in [0.15, 0.2) is 24.3 Å². The zero-order valence-electron chi connectivity index (χ0n) is 17.0. The van der Waals surface area contributed by atoms with Gasteiger partial charge < -0.3 is 10.5 Å². The second-order valence-electron chi connectivity index (χ2n) is 8.02. The lowest BCUT2D eigenvalue weighted by atomic mass is 9.93. The first-order valence-corrected chi connectivity index (χ1v) is 11.5. The molecule has 1 aromatic carbocycles. The summed E-state index contributed by atoms with van der Waals surface area (Å²) in [5.74, 6) is 5.09. The molecule has 0 spiro atoms. The van der Waals surface area contributed by atoms with Gasteiger partial charge in [-0.25, -0.2) is 19.3 Å².